The molecular weight excluding hydrogens is 366 g/mol. The molecule has 0 saturated carbocycles. The maximum atomic E-state index is 11.9. The van der Waals surface area contributed by atoms with Crippen molar-refractivity contribution in [2.45, 2.75) is 50.4 Å². The standard InChI is InChI=1S/C20H31NO5S/c1-4-24-18(25-5-2)15-27-17-10-8-7-9-16(17)20(23)11-13-21(14-12-20)19(22)26-6-3/h7-10,18,23H,4-6,11-15H2,1-3H3. The predicted molar refractivity (Wildman–Crippen MR) is 106 cm³/mol. The van der Waals surface area contributed by atoms with Gasteiger partial charge in [-0.15, -0.1) is 11.8 Å². The van der Waals surface area contributed by atoms with Crippen LogP contribution in [0.4, 0.5) is 4.79 Å². The Morgan fingerprint density at radius 2 is 1.78 bits per heavy atom. The topological polar surface area (TPSA) is 68.2 Å². The highest BCUT2D eigenvalue weighted by atomic mass is 32.2. The average Bonchev–Trinajstić information content (AvgIpc) is 2.67. The van der Waals surface area contributed by atoms with Crippen molar-refractivity contribution in [3.05, 3.63) is 29.8 Å². The van der Waals surface area contributed by atoms with Gasteiger partial charge in [-0.2, -0.15) is 0 Å². The molecule has 1 fully saturated rings. The number of hydrogen-bond donors (Lipinski definition) is 1. The van der Waals surface area contributed by atoms with Crippen LogP contribution in [0.25, 0.3) is 0 Å². The Morgan fingerprint density at radius 1 is 1.15 bits per heavy atom. The molecule has 1 aliphatic rings. The zero-order valence-corrected chi connectivity index (χ0v) is 17.3. The van der Waals surface area contributed by atoms with Gasteiger partial charge in [0, 0.05) is 37.0 Å². The second-order valence-corrected chi connectivity index (χ2v) is 7.43. The van der Waals surface area contributed by atoms with Crippen LogP contribution in [0.15, 0.2) is 29.2 Å². The summed E-state index contributed by atoms with van der Waals surface area (Å²) in [5.74, 6) is 0.656. The molecule has 1 aromatic rings. The van der Waals surface area contributed by atoms with Crippen LogP contribution in [0.5, 0.6) is 0 Å². The Kier molecular flexibility index (Phi) is 8.89. The molecule has 0 unspecified atom stereocenters. The molecule has 1 aliphatic heterocycles. The maximum absolute atomic E-state index is 11.9. The van der Waals surface area contributed by atoms with Crippen LogP contribution in [0.1, 0.15) is 39.2 Å². The van der Waals surface area contributed by atoms with Crippen LogP contribution in [0.3, 0.4) is 0 Å². The average molecular weight is 398 g/mol. The third-order valence-corrected chi connectivity index (χ3v) is 5.69. The number of rotatable bonds is 9. The normalized spacial score (nSPS) is 16.6. The summed E-state index contributed by atoms with van der Waals surface area (Å²) in [4.78, 5) is 14.6. The van der Waals surface area contributed by atoms with Crippen molar-refractivity contribution in [2.24, 2.45) is 0 Å². The van der Waals surface area contributed by atoms with Gasteiger partial charge >= 0.3 is 6.09 Å². The number of carbonyl (C=O) groups is 1. The Morgan fingerprint density at radius 3 is 2.37 bits per heavy atom. The summed E-state index contributed by atoms with van der Waals surface area (Å²) >= 11 is 1.63. The molecule has 1 N–H and O–H groups in total. The van der Waals surface area contributed by atoms with E-state index in [1.807, 2.05) is 38.1 Å². The highest BCUT2D eigenvalue weighted by Crippen LogP contribution is 2.38. The first kappa shape index (κ1) is 22.0. The smallest absolute Gasteiger partial charge is 0.409 e. The lowest BCUT2D eigenvalue weighted by molar-refractivity contribution is -0.120. The third kappa shape index (κ3) is 6.10. The van der Waals surface area contributed by atoms with E-state index in [4.69, 9.17) is 14.2 Å². The molecule has 0 bridgehead atoms. The number of aliphatic hydroxyl groups is 1. The fourth-order valence-electron chi connectivity index (χ4n) is 3.19. The minimum atomic E-state index is -0.945. The summed E-state index contributed by atoms with van der Waals surface area (Å²) in [6.45, 7) is 8.21. The van der Waals surface area contributed by atoms with E-state index < -0.39 is 5.60 Å². The van der Waals surface area contributed by atoms with Crippen LogP contribution in [0.2, 0.25) is 0 Å². The second-order valence-electron chi connectivity index (χ2n) is 6.36. The fraction of sp³-hybridized carbons (Fsp3) is 0.650. The van der Waals surface area contributed by atoms with Crippen molar-refractivity contribution >= 4 is 17.9 Å². The van der Waals surface area contributed by atoms with Crippen molar-refractivity contribution in [2.75, 3.05) is 38.7 Å². The minimum Gasteiger partial charge on any atom is -0.450 e. The molecule has 0 aromatic heterocycles. The summed E-state index contributed by atoms with van der Waals surface area (Å²) in [7, 11) is 0. The fourth-order valence-corrected chi connectivity index (χ4v) is 4.29. The molecular formula is C20H31NO5S. The Hall–Kier alpha value is -1.28. The number of amides is 1. The lowest BCUT2D eigenvalue weighted by Crippen LogP contribution is -2.45. The van der Waals surface area contributed by atoms with Gasteiger partial charge in [0.15, 0.2) is 6.29 Å². The molecule has 152 valence electrons. The Labute approximate surface area is 166 Å². The minimum absolute atomic E-state index is 0.265. The van der Waals surface area contributed by atoms with Gasteiger partial charge in [-0.25, -0.2) is 4.79 Å². The van der Waals surface area contributed by atoms with Gasteiger partial charge in [0.25, 0.3) is 0 Å². The first-order valence-electron chi connectivity index (χ1n) is 9.63. The molecule has 0 radical (unpaired) electrons. The molecule has 1 saturated heterocycles. The number of nitrogens with zero attached hydrogens (tertiary/aromatic N) is 1. The molecule has 2 rings (SSSR count). The van der Waals surface area contributed by atoms with Gasteiger partial charge in [0.2, 0.25) is 0 Å². The van der Waals surface area contributed by atoms with E-state index in [0.717, 1.165) is 10.5 Å². The first-order valence-corrected chi connectivity index (χ1v) is 10.6. The molecule has 1 amide bonds. The van der Waals surface area contributed by atoms with Gasteiger partial charge in [-0.05, 0) is 45.2 Å². The number of benzene rings is 1. The van der Waals surface area contributed by atoms with Gasteiger partial charge in [-0.1, -0.05) is 18.2 Å². The first-order chi connectivity index (χ1) is 13.0. The van der Waals surface area contributed by atoms with E-state index in [0.29, 0.717) is 51.5 Å². The van der Waals surface area contributed by atoms with E-state index in [-0.39, 0.29) is 12.4 Å². The largest absolute Gasteiger partial charge is 0.450 e. The zero-order chi connectivity index (χ0) is 19.7. The monoisotopic (exact) mass is 397 g/mol. The quantitative estimate of drug-likeness (QED) is 0.507. The van der Waals surface area contributed by atoms with Gasteiger partial charge in [0.1, 0.15) is 0 Å². The van der Waals surface area contributed by atoms with E-state index in [1.54, 1.807) is 23.6 Å². The molecule has 1 aromatic carbocycles. The van der Waals surface area contributed by atoms with Crippen molar-refractivity contribution in [3.63, 3.8) is 0 Å². The predicted octanol–water partition coefficient (Wildman–Crippen LogP) is 3.62. The molecule has 1 heterocycles. The number of hydrogen-bond acceptors (Lipinski definition) is 6. The third-order valence-electron chi connectivity index (χ3n) is 4.59. The van der Waals surface area contributed by atoms with Crippen molar-refractivity contribution in [3.8, 4) is 0 Å². The van der Waals surface area contributed by atoms with Gasteiger partial charge < -0.3 is 24.2 Å². The Bertz CT molecular complexity index is 583. The lowest BCUT2D eigenvalue weighted by Gasteiger charge is -2.38. The van der Waals surface area contributed by atoms with Crippen LogP contribution in [-0.2, 0) is 19.8 Å². The number of carbonyl (C=O) groups excluding carboxylic acids is 1. The number of thioether (sulfide) groups is 1. The zero-order valence-electron chi connectivity index (χ0n) is 16.5. The van der Waals surface area contributed by atoms with Crippen molar-refractivity contribution in [1.82, 2.24) is 4.90 Å². The van der Waals surface area contributed by atoms with Gasteiger partial charge in [-0.3, -0.25) is 0 Å². The van der Waals surface area contributed by atoms with E-state index in [1.165, 1.54) is 0 Å². The molecule has 7 heteroatoms. The Balaban J connectivity index is 2.05. The lowest BCUT2D eigenvalue weighted by atomic mass is 9.84. The molecule has 0 aliphatic carbocycles. The SMILES string of the molecule is CCOC(=O)N1CCC(O)(c2ccccc2SCC(OCC)OCC)CC1. The van der Waals surface area contributed by atoms with E-state index >= 15 is 0 Å². The van der Waals surface area contributed by atoms with E-state index in [9.17, 15) is 9.90 Å². The summed E-state index contributed by atoms with van der Waals surface area (Å²) in [5, 5.41) is 11.3. The summed E-state index contributed by atoms with van der Waals surface area (Å²) < 4.78 is 16.3. The molecule has 27 heavy (non-hydrogen) atoms. The van der Waals surface area contributed by atoms with Crippen LogP contribution < -0.4 is 0 Å². The highest BCUT2D eigenvalue weighted by Gasteiger charge is 2.37. The number of likely N-dealkylation sites (tertiary alicyclic amines) is 1. The maximum Gasteiger partial charge on any atom is 0.409 e. The van der Waals surface area contributed by atoms with Crippen LogP contribution in [-0.4, -0.2) is 61.1 Å². The van der Waals surface area contributed by atoms with Crippen molar-refractivity contribution in [1.29, 1.82) is 0 Å². The molecule has 0 spiro atoms. The summed E-state index contributed by atoms with van der Waals surface area (Å²) in [6.07, 6.45) is 0.407. The van der Waals surface area contributed by atoms with Crippen LogP contribution >= 0.6 is 11.8 Å². The summed E-state index contributed by atoms with van der Waals surface area (Å²) in [6, 6.07) is 7.90. The van der Waals surface area contributed by atoms with Crippen LogP contribution in [0, 0.1) is 0 Å². The van der Waals surface area contributed by atoms with Crippen molar-refractivity contribution < 1.29 is 24.1 Å². The van der Waals surface area contributed by atoms with Gasteiger partial charge in [0.05, 0.1) is 12.2 Å². The second kappa shape index (κ2) is 10.9. The summed E-state index contributed by atoms with van der Waals surface area (Å²) in [5.41, 5.74) is -0.0375. The number of ether oxygens (including phenoxy) is 3. The highest BCUT2D eigenvalue weighted by molar-refractivity contribution is 7.99. The molecule has 0 atom stereocenters. The van der Waals surface area contributed by atoms with E-state index in [2.05, 4.69) is 0 Å². The molecule has 6 nitrogen and oxygen atoms in total. The number of piperidine rings is 1.